The molecule has 1 aliphatic heterocycles. The van der Waals surface area contributed by atoms with E-state index in [-0.39, 0.29) is 26.2 Å². The first kappa shape index (κ1) is 21.4. The molecule has 1 saturated heterocycles. The van der Waals surface area contributed by atoms with Crippen LogP contribution in [0.3, 0.4) is 0 Å². The minimum Gasteiger partial charge on any atom is -0.307 e. The zero-order chi connectivity index (χ0) is 21.5. The smallest absolute Gasteiger partial charge is 0.307 e. The monoisotopic (exact) mass is 446 g/mol. The third-order valence-corrected chi connectivity index (χ3v) is 7.50. The van der Waals surface area contributed by atoms with Crippen molar-refractivity contribution in [2.45, 2.75) is 44.7 Å². The maximum Gasteiger partial charge on any atom is 0.401 e. The molecule has 0 unspecified atom stereocenters. The van der Waals surface area contributed by atoms with Gasteiger partial charge in [0.25, 0.3) is 0 Å². The number of alkyl halides is 3. The third kappa shape index (κ3) is 4.57. The Morgan fingerprint density at radius 3 is 2.07 bits per heavy atom. The first-order valence-corrected chi connectivity index (χ1v) is 11.6. The molecule has 0 atom stereocenters. The SMILES string of the molecule is O=C(Nc1c2c(cc3c1CCC3)CCC2)NS(=O)(=O)N1CCN(CC(F)(F)F)CC1. The fourth-order valence-electron chi connectivity index (χ4n) is 4.67. The van der Waals surface area contributed by atoms with E-state index in [1.54, 1.807) is 0 Å². The summed E-state index contributed by atoms with van der Waals surface area (Å²) < 4.78 is 65.7. The molecule has 166 valence electrons. The average Bonchev–Trinajstić information content (AvgIpc) is 3.29. The minimum absolute atomic E-state index is 0.0399. The van der Waals surface area contributed by atoms with E-state index in [0.29, 0.717) is 0 Å². The van der Waals surface area contributed by atoms with Crippen molar-refractivity contribution in [2.24, 2.45) is 0 Å². The fraction of sp³-hybridized carbons (Fsp3) is 0.632. The summed E-state index contributed by atoms with van der Waals surface area (Å²) in [6, 6.07) is 1.38. The molecule has 1 fully saturated rings. The zero-order valence-electron chi connectivity index (χ0n) is 16.5. The summed E-state index contributed by atoms with van der Waals surface area (Å²) in [5.41, 5.74) is 5.34. The Morgan fingerprint density at radius 1 is 0.967 bits per heavy atom. The fourth-order valence-corrected chi connectivity index (χ4v) is 5.73. The molecule has 0 spiro atoms. The van der Waals surface area contributed by atoms with Crippen molar-refractivity contribution in [2.75, 3.05) is 38.0 Å². The first-order valence-electron chi connectivity index (χ1n) is 10.2. The van der Waals surface area contributed by atoms with E-state index in [1.165, 1.54) is 11.1 Å². The first-order chi connectivity index (χ1) is 14.1. The molecule has 3 aliphatic rings. The summed E-state index contributed by atoms with van der Waals surface area (Å²) in [5.74, 6) is 0. The highest BCUT2D eigenvalue weighted by Crippen LogP contribution is 2.38. The second kappa shape index (κ2) is 8.01. The molecule has 0 radical (unpaired) electrons. The maximum absolute atomic E-state index is 12.6. The van der Waals surface area contributed by atoms with Gasteiger partial charge in [0.1, 0.15) is 0 Å². The lowest BCUT2D eigenvalue weighted by Crippen LogP contribution is -2.54. The Labute approximate surface area is 173 Å². The molecule has 0 aromatic heterocycles. The van der Waals surface area contributed by atoms with Crippen LogP contribution in [0.2, 0.25) is 0 Å². The highest BCUT2D eigenvalue weighted by molar-refractivity contribution is 7.87. The Morgan fingerprint density at radius 2 is 1.53 bits per heavy atom. The summed E-state index contributed by atoms with van der Waals surface area (Å²) >= 11 is 0. The van der Waals surface area contributed by atoms with Gasteiger partial charge in [0.05, 0.1) is 6.54 Å². The number of piperazine rings is 1. The number of carbonyl (C=O) groups excluding carboxylic acids is 1. The number of amides is 2. The number of aryl methyl sites for hydroxylation is 2. The van der Waals surface area contributed by atoms with Gasteiger partial charge in [0, 0.05) is 31.9 Å². The van der Waals surface area contributed by atoms with E-state index in [0.717, 1.165) is 64.5 Å². The van der Waals surface area contributed by atoms with Crippen LogP contribution < -0.4 is 10.0 Å². The van der Waals surface area contributed by atoms with Crippen LogP contribution in [0.1, 0.15) is 35.1 Å². The molecule has 11 heteroatoms. The standard InChI is InChI=1S/C19H25F3N4O3S/c20-19(21,22)12-25-7-9-26(10-8-25)30(28,29)24-18(27)23-17-15-5-1-3-13(15)11-14-4-2-6-16(14)17/h11H,1-10,12H2,(H2,23,24,27). The molecule has 2 N–H and O–H groups in total. The number of rotatable bonds is 4. The number of urea groups is 1. The molecule has 1 aromatic carbocycles. The van der Waals surface area contributed by atoms with Crippen molar-refractivity contribution in [3.63, 3.8) is 0 Å². The molecular weight excluding hydrogens is 421 g/mol. The van der Waals surface area contributed by atoms with Crippen LogP contribution >= 0.6 is 0 Å². The highest BCUT2D eigenvalue weighted by Gasteiger charge is 2.35. The topological polar surface area (TPSA) is 81.8 Å². The number of nitrogens with zero attached hydrogens (tertiary/aromatic N) is 2. The number of nitrogens with one attached hydrogen (secondary N) is 2. The Hall–Kier alpha value is -1.85. The van der Waals surface area contributed by atoms with Crippen molar-refractivity contribution in [3.8, 4) is 0 Å². The molecule has 1 heterocycles. The molecule has 0 bridgehead atoms. The Balaban J connectivity index is 1.40. The molecular formula is C19H25F3N4O3S. The second-order valence-corrected chi connectivity index (χ2v) is 9.76. The number of anilines is 1. The van der Waals surface area contributed by atoms with E-state index in [9.17, 15) is 26.4 Å². The van der Waals surface area contributed by atoms with Gasteiger partial charge < -0.3 is 5.32 Å². The van der Waals surface area contributed by atoms with Crippen molar-refractivity contribution in [1.29, 1.82) is 0 Å². The quantitative estimate of drug-likeness (QED) is 0.743. The minimum atomic E-state index is -4.32. The number of carbonyl (C=O) groups is 1. The van der Waals surface area contributed by atoms with Gasteiger partial charge in [-0.05, 0) is 60.8 Å². The summed E-state index contributed by atoms with van der Waals surface area (Å²) in [6.45, 7) is -1.35. The summed E-state index contributed by atoms with van der Waals surface area (Å²) in [4.78, 5) is 13.7. The van der Waals surface area contributed by atoms with Gasteiger partial charge in [-0.1, -0.05) is 6.07 Å². The van der Waals surface area contributed by atoms with Gasteiger partial charge >= 0.3 is 22.4 Å². The summed E-state index contributed by atoms with van der Waals surface area (Å²) in [7, 11) is -4.13. The van der Waals surface area contributed by atoms with Gasteiger partial charge in [-0.25, -0.2) is 9.52 Å². The van der Waals surface area contributed by atoms with E-state index >= 15 is 0 Å². The van der Waals surface area contributed by atoms with Crippen molar-refractivity contribution in [1.82, 2.24) is 13.9 Å². The van der Waals surface area contributed by atoms with Crippen LogP contribution in [0, 0.1) is 0 Å². The lowest BCUT2D eigenvalue weighted by Gasteiger charge is -2.34. The predicted octanol–water partition coefficient (Wildman–Crippen LogP) is 2.21. The lowest BCUT2D eigenvalue weighted by atomic mass is 9.99. The van der Waals surface area contributed by atoms with E-state index in [1.807, 2.05) is 4.72 Å². The van der Waals surface area contributed by atoms with Crippen molar-refractivity contribution in [3.05, 3.63) is 28.3 Å². The van der Waals surface area contributed by atoms with Crippen LogP contribution in [0.4, 0.5) is 23.7 Å². The lowest BCUT2D eigenvalue weighted by molar-refractivity contribution is -0.148. The maximum atomic E-state index is 12.6. The zero-order valence-corrected chi connectivity index (χ0v) is 17.3. The molecule has 30 heavy (non-hydrogen) atoms. The van der Waals surface area contributed by atoms with Crippen LogP contribution in [0.15, 0.2) is 6.07 Å². The van der Waals surface area contributed by atoms with Crippen LogP contribution in [-0.4, -0.2) is 62.6 Å². The van der Waals surface area contributed by atoms with E-state index in [2.05, 4.69) is 11.4 Å². The van der Waals surface area contributed by atoms with E-state index < -0.39 is 29.0 Å². The Kier molecular flexibility index (Phi) is 5.71. The summed E-state index contributed by atoms with van der Waals surface area (Å²) in [5, 5.41) is 2.76. The molecule has 2 aliphatic carbocycles. The second-order valence-electron chi connectivity index (χ2n) is 8.09. The number of benzene rings is 1. The number of halogens is 3. The van der Waals surface area contributed by atoms with Crippen molar-refractivity contribution < 1.29 is 26.4 Å². The average molecular weight is 446 g/mol. The van der Waals surface area contributed by atoms with Gasteiger partial charge in [0.15, 0.2) is 0 Å². The molecule has 0 saturated carbocycles. The molecule has 7 nitrogen and oxygen atoms in total. The number of fused-ring (bicyclic) bond motifs is 2. The third-order valence-electron chi connectivity index (χ3n) is 6.01. The predicted molar refractivity (Wildman–Crippen MR) is 106 cm³/mol. The Bertz CT molecular complexity index is 909. The van der Waals surface area contributed by atoms with E-state index in [4.69, 9.17) is 0 Å². The molecule has 1 aromatic rings. The highest BCUT2D eigenvalue weighted by atomic mass is 32.2. The number of hydrogen-bond donors (Lipinski definition) is 2. The van der Waals surface area contributed by atoms with Crippen molar-refractivity contribution >= 4 is 21.9 Å². The van der Waals surface area contributed by atoms with Gasteiger partial charge in [-0.15, -0.1) is 0 Å². The van der Waals surface area contributed by atoms with Gasteiger partial charge in [0.2, 0.25) is 0 Å². The largest absolute Gasteiger partial charge is 0.401 e. The van der Waals surface area contributed by atoms with Gasteiger partial charge in [-0.2, -0.15) is 25.9 Å². The molecule has 4 rings (SSSR count). The van der Waals surface area contributed by atoms with Crippen LogP contribution in [0.25, 0.3) is 0 Å². The molecule has 2 amide bonds. The van der Waals surface area contributed by atoms with Crippen LogP contribution in [0.5, 0.6) is 0 Å². The summed E-state index contributed by atoms with van der Waals surface area (Å²) in [6.07, 6.45) is 1.32. The normalized spacial score (nSPS) is 20.1. The van der Waals surface area contributed by atoms with Crippen LogP contribution in [-0.2, 0) is 35.9 Å². The van der Waals surface area contributed by atoms with Gasteiger partial charge in [-0.3, -0.25) is 4.90 Å². The number of hydrogen-bond acceptors (Lipinski definition) is 4.